The van der Waals surface area contributed by atoms with Gasteiger partial charge in [0.15, 0.2) is 5.75 Å². The smallest absolute Gasteiger partial charge is 0.403 e. The van der Waals surface area contributed by atoms with E-state index in [0.717, 1.165) is 0 Å². The number of aromatic amines is 1. The van der Waals surface area contributed by atoms with Gasteiger partial charge in [0.05, 0.1) is 11.8 Å². The number of H-pyrrole nitrogens is 1. The van der Waals surface area contributed by atoms with Crippen molar-refractivity contribution in [3.8, 4) is 5.75 Å². The Balaban J connectivity index is 2.52. The molecule has 0 bridgehead atoms. The number of fused-ring (bicyclic) bond motifs is 1. The molecule has 0 radical (unpaired) electrons. The fourth-order valence-corrected chi connectivity index (χ4v) is 1.60. The third kappa shape index (κ3) is 2.06. The first kappa shape index (κ1) is 11.1. The van der Waals surface area contributed by atoms with Gasteiger partial charge in [-0.2, -0.15) is 0 Å². The predicted molar refractivity (Wildman–Crippen MR) is 52.3 cm³/mol. The van der Waals surface area contributed by atoms with Crippen LogP contribution in [0.15, 0.2) is 18.5 Å². The summed E-state index contributed by atoms with van der Waals surface area (Å²) in [4.78, 5) is 6.48. The number of hydrogen-bond acceptors (Lipinski definition) is 2. The Morgan fingerprint density at radius 3 is 2.75 bits per heavy atom. The lowest BCUT2D eigenvalue weighted by Gasteiger charge is -2.10. The van der Waals surface area contributed by atoms with E-state index >= 15 is 0 Å². The lowest BCUT2D eigenvalue weighted by Crippen LogP contribution is -2.17. The highest BCUT2D eigenvalue weighted by atomic mass is 35.5. The van der Waals surface area contributed by atoms with E-state index in [-0.39, 0.29) is 17.1 Å². The molecule has 0 atom stereocenters. The maximum atomic E-state index is 12.1. The summed E-state index contributed by atoms with van der Waals surface area (Å²) in [5.74, 6) is -0.137. The van der Waals surface area contributed by atoms with Crippen molar-refractivity contribution in [2.75, 3.05) is 0 Å². The van der Waals surface area contributed by atoms with Crippen molar-refractivity contribution < 1.29 is 17.9 Å². The number of alkyl halides is 4. The van der Waals surface area contributed by atoms with Crippen LogP contribution in [0.5, 0.6) is 5.75 Å². The van der Waals surface area contributed by atoms with Gasteiger partial charge in [0.25, 0.3) is 0 Å². The molecule has 1 aromatic heterocycles. The van der Waals surface area contributed by atoms with E-state index in [9.17, 15) is 13.2 Å². The number of imidazole rings is 1. The summed E-state index contributed by atoms with van der Waals surface area (Å²) in [6.45, 7) is 0. The highest BCUT2D eigenvalue weighted by molar-refractivity contribution is 6.17. The summed E-state index contributed by atoms with van der Waals surface area (Å²) in [7, 11) is 0. The first-order chi connectivity index (χ1) is 7.51. The number of hydrogen-bond donors (Lipinski definition) is 1. The Hall–Kier alpha value is -1.43. The first-order valence-electron chi connectivity index (χ1n) is 4.28. The lowest BCUT2D eigenvalue weighted by molar-refractivity contribution is -0.274. The quantitative estimate of drug-likeness (QED) is 0.831. The molecule has 0 unspecified atom stereocenters. The first-order valence-corrected chi connectivity index (χ1v) is 4.81. The maximum absolute atomic E-state index is 12.1. The van der Waals surface area contributed by atoms with Crippen molar-refractivity contribution in [2.24, 2.45) is 0 Å². The van der Waals surface area contributed by atoms with Crippen LogP contribution in [-0.2, 0) is 5.88 Å². The Bertz CT molecular complexity index is 509. The molecule has 0 saturated heterocycles. The van der Waals surface area contributed by atoms with Crippen molar-refractivity contribution in [1.29, 1.82) is 0 Å². The molecule has 0 fully saturated rings. The highest BCUT2D eigenvalue weighted by Crippen LogP contribution is 2.30. The van der Waals surface area contributed by atoms with E-state index in [0.29, 0.717) is 11.1 Å². The van der Waals surface area contributed by atoms with E-state index in [2.05, 4.69) is 14.7 Å². The average molecular weight is 251 g/mol. The monoisotopic (exact) mass is 250 g/mol. The van der Waals surface area contributed by atoms with Gasteiger partial charge in [0.2, 0.25) is 0 Å². The number of rotatable bonds is 2. The van der Waals surface area contributed by atoms with Gasteiger partial charge >= 0.3 is 6.36 Å². The van der Waals surface area contributed by atoms with Gasteiger partial charge in [-0.15, -0.1) is 24.8 Å². The van der Waals surface area contributed by atoms with Crippen LogP contribution in [0.1, 0.15) is 5.56 Å². The number of aromatic nitrogens is 2. The van der Waals surface area contributed by atoms with Gasteiger partial charge in [-0.25, -0.2) is 4.98 Å². The van der Waals surface area contributed by atoms with Crippen LogP contribution in [0.4, 0.5) is 13.2 Å². The predicted octanol–water partition coefficient (Wildman–Crippen LogP) is 3.20. The summed E-state index contributed by atoms with van der Waals surface area (Å²) >= 11 is 5.63. The zero-order valence-corrected chi connectivity index (χ0v) is 8.56. The van der Waals surface area contributed by atoms with Gasteiger partial charge in [-0.05, 0) is 11.6 Å². The van der Waals surface area contributed by atoms with Gasteiger partial charge in [0, 0.05) is 5.88 Å². The zero-order chi connectivity index (χ0) is 11.8. The molecule has 1 heterocycles. The fourth-order valence-electron chi connectivity index (χ4n) is 1.38. The Kier molecular flexibility index (Phi) is 2.67. The van der Waals surface area contributed by atoms with Gasteiger partial charge in [-0.3, -0.25) is 0 Å². The Labute approximate surface area is 93.2 Å². The second-order valence-electron chi connectivity index (χ2n) is 3.03. The summed E-state index contributed by atoms with van der Waals surface area (Å²) in [6, 6.07) is 2.67. The largest absolute Gasteiger partial charge is 0.573 e. The molecule has 0 amide bonds. The standard InChI is InChI=1S/C9H6ClF3N2O/c10-3-5-1-2-6(16-9(11,12)13)8-7(5)14-4-15-8/h1-2,4H,3H2,(H,14,15). The molecule has 0 aliphatic heterocycles. The normalized spacial score (nSPS) is 12.0. The fraction of sp³-hybridized carbons (Fsp3) is 0.222. The second-order valence-corrected chi connectivity index (χ2v) is 3.30. The van der Waals surface area contributed by atoms with Crippen LogP contribution in [0, 0.1) is 0 Å². The molecule has 7 heteroatoms. The Morgan fingerprint density at radius 1 is 1.38 bits per heavy atom. The van der Waals surface area contributed by atoms with Crippen LogP contribution in [0.3, 0.4) is 0 Å². The van der Waals surface area contributed by atoms with E-state index < -0.39 is 6.36 Å². The number of nitrogens with one attached hydrogen (secondary N) is 1. The van der Waals surface area contributed by atoms with Crippen molar-refractivity contribution in [3.63, 3.8) is 0 Å². The van der Waals surface area contributed by atoms with E-state index in [4.69, 9.17) is 11.6 Å². The molecule has 86 valence electrons. The minimum absolute atomic E-state index is 0.174. The molecule has 2 rings (SSSR count). The molecule has 0 saturated carbocycles. The minimum Gasteiger partial charge on any atom is -0.403 e. The third-order valence-electron chi connectivity index (χ3n) is 2.00. The van der Waals surface area contributed by atoms with Crippen LogP contribution >= 0.6 is 11.6 Å². The molecular formula is C9H6ClF3N2O. The molecule has 0 aliphatic rings. The molecule has 16 heavy (non-hydrogen) atoms. The van der Waals surface area contributed by atoms with E-state index in [1.54, 1.807) is 0 Å². The Morgan fingerprint density at radius 2 is 2.12 bits per heavy atom. The van der Waals surface area contributed by atoms with Gasteiger partial charge in [0.1, 0.15) is 5.52 Å². The van der Waals surface area contributed by atoms with Gasteiger partial charge < -0.3 is 9.72 Å². The summed E-state index contributed by atoms with van der Waals surface area (Å²) in [6.07, 6.45) is -3.43. The average Bonchev–Trinajstić information content (AvgIpc) is 2.65. The number of nitrogens with zero attached hydrogens (tertiary/aromatic N) is 1. The molecule has 3 nitrogen and oxygen atoms in total. The SMILES string of the molecule is FC(F)(F)Oc1ccc(CCl)c2nc[nH]c12. The van der Waals surface area contributed by atoms with Crippen LogP contribution < -0.4 is 4.74 Å². The van der Waals surface area contributed by atoms with Crippen LogP contribution in [0.25, 0.3) is 11.0 Å². The van der Waals surface area contributed by atoms with Gasteiger partial charge in [-0.1, -0.05) is 6.07 Å². The van der Waals surface area contributed by atoms with Crippen molar-refractivity contribution >= 4 is 22.6 Å². The number of halogens is 4. The molecule has 1 aromatic carbocycles. The molecule has 1 N–H and O–H groups in total. The molecule has 0 aliphatic carbocycles. The van der Waals surface area contributed by atoms with E-state index in [1.165, 1.54) is 18.5 Å². The zero-order valence-electron chi connectivity index (χ0n) is 7.81. The summed E-state index contributed by atoms with van der Waals surface area (Å²) in [5.41, 5.74) is 1.22. The second kappa shape index (κ2) is 3.86. The number of benzene rings is 1. The third-order valence-corrected chi connectivity index (χ3v) is 2.28. The van der Waals surface area contributed by atoms with Crippen LogP contribution in [0.2, 0.25) is 0 Å². The highest BCUT2D eigenvalue weighted by Gasteiger charge is 2.32. The molecule has 0 spiro atoms. The van der Waals surface area contributed by atoms with Crippen molar-refractivity contribution in [3.05, 3.63) is 24.0 Å². The lowest BCUT2D eigenvalue weighted by atomic mass is 10.2. The topological polar surface area (TPSA) is 37.9 Å². The summed E-state index contributed by atoms with van der Waals surface area (Å²) < 4.78 is 40.1. The molecule has 2 aromatic rings. The van der Waals surface area contributed by atoms with E-state index in [1.807, 2.05) is 0 Å². The molecular weight excluding hydrogens is 245 g/mol. The minimum atomic E-state index is -4.72. The number of ether oxygens (including phenoxy) is 1. The van der Waals surface area contributed by atoms with Crippen molar-refractivity contribution in [1.82, 2.24) is 9.97 Å². The van der Waals surface area contributed by atoms with Crippen molar-refractivity contribution in [2.45, 2.75) is 12.2 Å². The summed E-state index contributed by atoms with van der Waals surface area (Å²) in [5, 5.41) is 0. The van der Waals surface area contributed by atoms with Crippen LogP contribution in [-0.4, -0.2) is 16.3 Å². The maximum Gasteiger partial charge on any atom is 0.573 e.